The summed E-state index contributed by atoms with van der Waals surface area (Å²) in [6.45, 7) is 1.70. The second-order valence-electron chi connectivity index (χ2n) is 3.55. The van der Waals surface area contributed by atoms with Gasteiger partial charge in [0.1, 0.15) is 6.04 Å². The molecule has 2 rings (SSSR count). The molecular weight excluding hydrogens is 272 g/mol. The summed E-state index contributed by atoms with van der Waals surface area (Å²) in [7, 11) is 0. The van der Waals surface area contributed by atoms with Crippen molar-refractivity contribution in [3.63, 3.8) is 0 Å². The molecule has 0 aliphatic heterocycles. The van der Waals surface area contributed by atoms with Gasteiger partial charge in [0.05, 0.1) is 11.0 Å². The van der Waals surface area contributed by atoms with Crippen LogP contribution in [0.1, 0.15) is 13.0 Å². The molecule has 0 fully saturated rings. The summed E-state index contributed by atoms with van der Waals surface area (Å²) >= 11 is 3.35. The lowest BCUT2D eigenvalue weighted by molar-refractivity contribution is -0.120. The number of nitrogens with two attached hydrogens (primary N) is 2. The molecule has 5 nitrogen and oxygen atoms in total. The van der Waals surface area contributed by atoms with Gasteiger partial charge in [-0.3, -0.25) is 9.36 Å². The molecule has 1 unspecified atom stereocenters. The number of rotatable bonds is 2. The van der Waals surface area contributed by atoms with Gasteiger partial charge in [-0.25, -0.2) is 4.98 Å². The topological polar surface area (TPSA) is 86.9 Å². The molecule has 0 aliphatic rings. The van der Waals surface area contributed by atoms with Crippen molar-refractivity contribution >= 4 is 38.8 Å². The third kappa shape index (κ3) is 1.65. The van der Waals surface area contributed by atoms with E-state index in [4.69, 9.17) is 11.5 Å². The minimum absolute atomic E-state index is 0.291. The monoisotopic (exact) mass is 282 g/mol. The zero-order chi connectivity index (χ0) is 11.9. The van der Waals surface area contributed by atoms with E-state index in [1.807, 2.05) is 18.2 Å². The highest BCUT2D eigenvalue weighted by atomic mass is 79.9. The van der Waals surface area contributed by atoms with E-state index in [1.165, 1.54) is 0 Å². The highest BCUT2D eigenvalue weighted by Crippen LogP contribution is 2.25. The molecule has 6 heteroatoms. The number of imidazole rings is 1. The molecule has 1 heterocycles. The Balaban J connectivity index is 2.69. The first-order valence-corrected chi connectivity index (χ1v) is 5.52. The van der Waals surface area contributed by atoms with Crippen LogP contribution >= 0.6 is 15.9 Å². The first kappa shape index (κ1) is 10.9. The maximum Gasteiger partial charge on any atom is 0.240 e. The van der Waals surface area contributed by atoms with Gasteiger partial charge >= 0.3 is 0 Å². The molecule has 0 radical (unpaired) electrons. The molecule has 0 spiro atoms. The summed E-state index contributed by atoms with van der Waals surface area (Å²) in [5.74, 6) is -0.145. The van der Waals surface area contributed by atoms with Crippen LogP contribution in [0.3, 0.4) is 0 Å². The number of benzene rings is 1. The first-order valence-electron chi connectivity index (χ1n) is 4.73. The van der Waals surface area contributed by atoms with Gasteiger partial charge in [0.25, 0.3) is 0 Å². The maximum absolute atomic E-state index is 11.2. The number of anilines is 1. The van der Waals surface area contributed by atoms with Crippen molar-refractivity contribution in [2.24, 2.45) is 5.73 Å². The van der Waals surface area contributed by atoms with E-state index < -0.39 is 11.9 Å². The van der Waals surface area contributed by atoms with Gasteiger partial charge in [-0.2, -0.15) is 0 Å². The zero-order valence-corrected chi connectivity index (χ0v) is 10.2. The Kier molecular flexibility index (Phi) is 2.59. The number of halogens is 1. The Morgan fingerprint density at radius 3 is 2.88 bits per heavy atom. The van der Waals surface area contributed by atoms with Crippen molar-refractivity contribution in [3.05, 3.63) is 22.7 Å². The summed E-state index contributed by atoms with van der Waals surface area (Å²) in [5.41, 5.74) is 12.6. The molecule has 0 saturated heterocycles. The number of nitrogen functional groups attached to an aromatic ring is 1. The van der Waals surface area contributed by atoms with Gasteiger partial charge in [-0.05, 0) is 25.1 Å². The molecular formula is C10H11BrN4O. The zero-order valence-electron chi connectivity index (χ0n) is 8.64. The first-order chi connectivity index (χ1) is 7.50. The third-order valence-electron chi connectivity index (χ3n) is 2.48. The van der Waals surface area contributed by atoms with E-state index in [0.29, 0.717) is 5.95 Å². The molecule has 0 aliphatic carbocycles. The van der Waals surface area contributed by atoms with Gasteiger partial charge in [0, 0.05) is 4.47 Å². The average Bonchev–Trinajstić information content (AvgIpc) is 2.51. The Labute approximate surface area is 101 Å². The molecule has 1 amide bonds. The molecule has 0 saturated carbocycles. The number of fused-ring (bicyclic) bond motifs is 1. The normalized spacial score (nSPS) is 12.9. The van der Waals surface area contributed by atoms with E-state index >= 15 is 0 Å². The standard InChI is InChI=1S/C10H11BrN4O/c1-5(9(12)16)15-8-3-2-6(11)4-7(8)14-10(15)13/h2-5H,1H3,(H2,12,16)(H2,13,14). The number of carbonyl (C=O) groups excluding carboxylic acids is 1. The molecule has 1 atom stereocenters. The molecule has 1 aromatic heterocycles. The van der Waals surface area contributed by atoms with Gasteiger partial charge in [-0.1, -0.05) is 15.9 Å². The summed E-state index contributed by atoms with van der Waals surface area (Å²) in [5, 5.41) is 0. The smallest absolute Gasteiger partial charge is 0.240 e. The lowest BCUT2D eigenvalue weighted by atomic mass is 10.2. The minimum atomic E-state index is -0.508. The largest absolute Gasteiger partial charge is 0.369 e. The average molecular weight is 283 g/mol. The van der Waals surface area contributed by atoms with Crippen molar-refractivity contribution < 1.29 is 4.79 Å². The Morgan fingerprint density at radius 2 is 2.25 bits per heavy atom. The van der Waals surface area contributed by atoms with Gasteiger partial charge in [0.2, 0.25) is 11.9 Å². The SMILES string of the molecule is CC(C(N)=O)n1c(N)nc2cc(Br)ccc21. The summed E-state index contributed by atoms with van der Waals surface area (Å²) in [6.07, 6.45) is 0. The van der Waals surface area contributed by atoms with Crippen LogP contribution in [0.4, 0.5) is 5.95 Å². The number of amides is 1. The van der Waals surface area contributed by atoms with E-state index in [0.717, 1.165) is 15.5 Å². The lowest BCUT2D eigenvalue weighted by Gasteiger charge is -2.11. The predicted octanol–water partition coefficient (Wildman–Crippen LogP) is 1.43. The van der Waals surface area contributed by atoms with E-state index in [1.54, 1.807) is 11.5 Å². The van der Waals surface area contributed by atoms with Crippen LogP contribution in [0.25, 0.3) is 11.0 Å². The fourth-order valence-corrected chi connectivity index (χ4v) is 1.97. The second kappa shape index (κ2) is 3.79. The number of primary amides is 1. The van der Waals surface area contributed by atoms with Crippen molar-refractivity contribution in [1.29, 1.82) is 0 Å². The van der Waals surface area contributed by atoms with Crippen molar-refractivity contribution in [3.8, 4) is 0 Å². The summed E-state index contributed by atoms with van der Waals surface area (Å²) < 4.78 is 2.54. The van der Waals surface area contributed by atoms with Crippen molar-refractivity contribution in [1.82, 2.24) is 9.55 Å². The number of hydrogen-bond donors (Lipinski definition) is 2. The Hall–Kier alpha value is -1.56. The van der Waals surface area contributed by atoms with Crippen LogP contribution in [-0.4, -0.2) is 15.5 Å². The molecule has 1 aromatic carbocycles. The molecule has 84 valence electrons. The number of hydrogen-bond acceptors (Lipinski definition) is 3. The van der Waals surface area contributed by atoms with Crippen LogP contribution < -0.4 is 11.5 Å². The van der Waals surface area contributed by atoms with Crippen LogP contribution in [0, 0.1) is 0 Å². The Morgan fingerprint density at radius 1 is 1.56 bits per heavy atom. The predicted molar refractivity (Wildman–Crippen MR) is 65.8 cm³/mol. The van der Waals surface area contributed by atoms with Gasteiger partial charge in [-0.15, -0.1) is 0 Å². The second-order valence-corrected chi connectivity index (χ2v) is 4.47. The highest BCUT2D eigenvalue weighted by molar-refractivity contribution is 9.10. The maximum atomic E-state index is 11.2. The van der Waals surface area contributed by atoms with Crippen LogP contribution in [0.2, 0.25) is 0 Å². The van der Waals surface area contributed by atoms with Crippen LogP contribution in [-0.2, 0) is 4.79 Å². The van der Waals surface area contributed by atoms with Crippen LogP contribution in [0.15, 0.2) is 22.7 Å². The molecule has 4 N–H and O–H groups in total. The Bertz CT molecular complexity index is 563. The van der Waals surface area contributed by atoms with Crippen LogP contribution in [0.5, 0.6) is 0 Å². The van der Waals surface area contributed by atoms with Gasteiger partial charge in [0.15, 0.2) is 0 Å². The minimum Gasteiger partial charge on any atom is -0.369 e. The fourth-order valence-electron chi connectivity index (χ4n) is 1.62. The number of aromatic nitrogens is 2. The summed E-state index contributed by atoms with van der Waals surface area (Å²) in [4.78, 5) is 15.3. The number of nitrogens with zero attached hydrogens (tertiary/aromatic N) is 2. The number of carbonyl (C=O) groups is 1. The lowest BCUT2D eigenvalue weighted by Crippen LogP contribution is -2.24. The highest BCUT2D eigenvalue weighted by Gasteiger charge is 2.17. The third-order valence-corrected chi connectivity index (χ3v) is 2.97. The molecule has 2 aromatic rings. The molecule has 16 heavy (non-hydrogen) atoms. The van der Waals surface area contributed by atoms with E-state index in [9.17, 15) is 4.79 Å². The fraction of sp³-hybridized carbons (Fsp3) is 0.200. The van der Waals surface area contributed by atoms with Crippen molar-refractivity contribution in [2.75, 3.05) is 5.73 Å². The van der Waals surface area contributed by atoms with E-state index in [-0.39, 0.29) is 0 Å². The molecule has 0 bridgehead atoms. The van der Waals surface area contributed by atoms with Crippen molar-refractivity contribution in [2.45, 2.75) is 13.0 Å². The van der Waals surface area contributed by atoms with Gasteiger partial charge < -0.3 is 11.5 Å². The summed E-state index contributed by atoms with van der Waals surface area (Å²) in [6, 6.07) is 5.05. The quantitative estimate of drug-likeness (QED) is 0.874. The van der Waals surface area contributed by atoms with E-state index in [2.05, 4.69) is 20.9 Å².